The van der Waals surface area contributed by atoms with Crippen LogP contribution in [0.4, 0.5) is 5.69 Å². The monoisotopic (exact) mass is 246 g/mol. The van der Waals surface area contributed by atoms with Crippen LogP contribution in [0.25, 0.3) is 0 Å². The van der Waals surface area contributed by atoms with Gasteiger partial charge in [0.1, 0.15) is 0 Å². The normalized spacial score (nSPS) is 16.4. The van der Waals surface area contributed by atoms with Crippen LogP contribution in [0.1, 0.15) is 18.4 Å². The number of anilines is 1. The van der Waals surface area contributed by atoms with Crippen LogP contribution >= 0.6 is 0 Å². The minimum atomic E-state index is 0.0851. The molecule has 96 valence electrons. The molecular formula is C12H18N6. The van der Waals surface area contributed by atoms with Crippen molar-refractivity contribution in [2.24, 2.45) is 21.8 Å². The van der Waals surface area contributed by atoms with Gasteiger partial charge in [-0.15, -0.1) is 5.10 Å². The topological polar surface area (TPSA) is 92.0 Å². The van der Waals surface area contributed by atoms with Crippen LogP contribution in [0, 0.1) is 0 Å². The third kappa shape index (κ3) is 3.13. The van der Waals surface area contributed by atoms with Gasteiger partial charge in [-0.2, -0.15) is 5.10 Å². The van der Waals surface area contributed by atoms with E-state index in [9.17, 15) is 0 Å². The first-order valence-electron chi connectivity index (χ1n) is 5.97. The summed E-state index contributed by atoms with van der Waals surface area (Å²) in [6, 6.07) is 8.23. The van der Waals surface area contributed by atoms with Crippen molar-refractivity contribution in [2.45, 2.75) is 12.8 Å². The molecule has 1 saturated heterocycles. The van der Waals surface area contributed by atoms with Crippen LogP contribution in [0.5, 0.6) is 0 Å². The molecule has 0 atom stereocenters. The third-order valence-corrected chi connectivity index (χ3v) is 2.87. The van der Waals surface area contributed by atoms with Gasteiger partial charge >= 0.3 is 0 Å². The van der Waals surface area contributed by atoms with Crippen LogP contribution in [-0.4, -0.2) is 25.3 Å². The largest absolute Gasteiger partial charge is 0.372 e. The molecule has 0 unspecified atom stereocenters. The lowest BCUT2D eigenvalue weighted by molar-refractivity contribution is 0.949. The molecule has 0 amide bonds. The van der Waals surface area contributed by atoms with Gasteiger partial charge in [0, 0.05) is 18.8 Å². The van der Waals surface area contributed by atoms with Crippen LogP contribution in [0.2, 0.25) is 0 Å². The summed E-state index contributed by atoms with van der Waals surface area (Å²) in [6.45, 7) is 2.26. The van der Waals surface area contributed by atoms with E-state index in [0.717, 1.165) is 18.7 Å². The Bertz CT molecular complexity index is 448. The average molecular weight is 246 g/mol. The van der Waals surface area contributed by atoms with E-state index in [-0.39, 0.29) is 5.96 Å². The number of nitrogens with zero attached hydrogens (tertiary/aromatic N) is 3. The summed E-state index contributed by atoms with van der Waals surface area (Å²) in [5, 5.41) is 7.21. The summed E-state index contributed by atoms with van der Waals surface area (Å²) >= 11 is 0. The predicted octanol–water partition coefficient (Wildman–Crippen LogP) is 0.399. The van der Waals surface area contributed by atoms with Crippen molar-refractivity contribution in [3.8, 4) is 0 Å². The summed E-state index contributed by atoms with van der Waals surface area (Å²) in [7, 11) is 0. The molecule has 6 heteroatoms. The Morgan fingerprint density at radius 1 is 1.33 bits per heavy atom. The molecule has 1 fully saturated rings. The third-order valence-electron chi connectivity index (χ3n) is 2.87. The lowest BCUT2D eigenvalue weighted by atomic mass is 10.2. The van der Waals surface area contributed by atoms with E-state index in [2.05, 4.69) is 32.7 Å². The van der Waals surface area contributed by atoms with Crippen molar-refractivity contribution in [3.05, 3.63) is 29.8 Å². The molecule has 0 radical (unpaired) electrons. The average Bonchev–Trinajstić information content (AvgIpc) is 2.93. The van der Waals surface area contributed by atoms with Crippen LogP contribution in [-0.2, 0) is 0 Å². The fraction of sp³-hybridized carbons (Fsp3) is 0.333. The number of nitrogens with one attached hydrogen (secondary N) is 1. The highest BCUT2D eigenvalue weighted by atomic mass is 15.4. The number of nitrogens with two attached hydrogens (primary N) is 2. The van der Waals surface area contributed by atoms with E-state index >= 15 is 0 Å². The van der Waals surface area contributed by atoms with Crippen molar-refractivity contribution in [1.29, 1.82) is 0 Å². The highest BCUT2D eigenvalue weighted by Crippen LogP contribution is 2.20. The molecular weight excluding hydrogens is 228 g/mol. The zero-order chi connectivity index (χ0) is 12.8. The number of hydrogen-bond donors (Lipinski definition) is 3. The molecule has 1 aliphatic heterocycles. The van der Waals surface area contributed by atoms with Gasteiger partial charge < -0.3 is 16.5 Å². The first kappa shape index (κ1) is 12.2. The number of benzene rings is 1. The highest BCUT2D eigenvalue weighted by molar-refractivity contribution is 5.84. The quantitative estimate of drug-likeness (QED) is 0.311. The van der Waals surface area contributed by atoms with Gasteiger partial charge in [-0.25, -0.2) is 5.43 Å². The molecule has 1 heterocycles. The van der Waals surface area contributed by atoms with E-state index < -0.39 is 0 Å². The summed E-state index contributed by atoms with van der Waals surface area (Å²) < 4.78 is 0. The minimum absolute atomic E-state index is 0.0851. The fourth-order valence-electron chi connectivity index (χ4n) is 1.98. The molecule has 0 bridgehead atoms. The van der Waals surface area contributed by atoms with E-state index in [4.69, 9.17) is 11.6 Å². The lowest BCUT2D eigenvalue weighted by Crippen LogP contribution is -2.28. The zero-order valence-electron chi connectivity index (χ0n) is 10.2. The highest BCUT2D eigenvalue weighted by Gasteiger charge is 2.11. The van der Waals surface area contributed by atoms with E-state index in [1.165, 1.54) is 18.5 Å². The molecule has 2 rings (SSSR count). The molecule has 6 nitrogen and oxygen atoms in total. The Hall–Kier alpha value is -2.24. The lowest BCUT2D eigenvalue weighted by Gasteiger charge is -2.17. The molecule has 0 aliphatic carbocycles. The first-order chi connectivity index (χ1) is 8.79. The van der Waals surface area contributed by atoms with Gasteiger partial charge in [-0.1, -0.05) is 12.1 Å². The first-order valence-corrected chi connectivity index (χ1v) is 5.97. The van der Waals surface area contributed by atoms with Crippen molar-refractivity contribution < 1.29 is 0 Å². The van der Waals surface area contributed by atoms with Crippen molar-refractivity contribution >= 4 is 17.9 Å². The Labute approximate surface area is 106 Å². The second-order valence-electron chi connectivity index (χ2n) is 4.17. The summed E-state index contributed by atoms with van der Waals surface area (Å²) in [5.74, 6) is 5.06. The molecule has 0 saturated carbocycles. The van der Waals surface area contributed by atoms with Crippen molar-refractivity contribution in [1.82, 2.24) is 5.43 Å². The Balaban J connectivity index is 2.02. The molecule has 0 spiro atoms. The number of rotatable bonds is 3. The second kappa shape index (κ2) is 5.90. The maximum Gasteiger partial charge on any atom is 0.231 e. The van der Waals surface area contributed by atoms with Crippen LogP contribution in [0.15, 0.2) is 34.5 Å². The predicted molar refractivity (Wildman–Crippen MR) is 74.4 cm³/mol. The number of hydrazone groups is 2. The van der Waals surface area contributed by atoms with Gasteiger partial charge in [-0.3, -0.25) is 0 Å². The van der Waals surface area contributed by atoms with Crippen LogP contribution in [0.3, 0.4) is 0 Å². The van der Waals surface area contributed by atoms with Gasteiger partial charge in [-0.05, 0) is 30.5 Å². The Morgan fingerprint density at radius 3 is 2.83 bits per heavy atom. The SMILES string of the molecule is NN=C(N)NN=Cc1cccc(N2CCCC2)c1. The second-order valence-corrected chi connectivity index (χ2v) is 4.17. The summed E-state index contributed by atoms with van der Waals surface area (Å²) in [5.41, 5.74) is 10.1. The van der Waals surface area contributed by atoms with Gasteiger partial charge in [0.25, 0.3) is 0 Å². The standard InChI is InChI=1S/C12H18N6/c13-12(16-14)17-15-9-10-4-3-5-11(8-10)18-6-1-2-7-18/h3-5,8-9H,1-2,6-7,14H2,(H3,13,16,17). The number of guanidine groups is 1. The smallest absolute Gasteiger partial charge is 0.231 e. The Morgan fingerprint density at radius 2 is 2.11 bits per heavy atom. The van der Waals surface area contributed by atoms with Crippen molar-refractivity contribution in [3.63, 3.8) is 0 Å². The molecule has 0 aromatic heterocycles. The maximum absolute atomic E-state index is 5.36. The maximum atomic E-state index is 5.36. The van der Waals surface area contributed by atoms with E-state index in [0.29, 0.717) is 0 Å². The fourth-order valence-corrected chi connectivity index (χ4v) is 1.98. The summed E-state index contributed by atoms with van der Waals surface area (Å²) in [6.07, 6.45) is 4.23. The van der Waals surface area contributed by atoms with E-state index in [1.54, 1.807) is 6.21 Å². The molecule has 1 aromatic rings. The van der Waals surface area contributed by atoms with Gasteiger partial charge in [0.2, 0.25) is 5.96 Å². The van der Waals surface area contributed by atoms with Gasteiger partial charge in [0.05, 0.1) is 6.21 Å². The molecule has 5 N–H and O–H groups in total. The van der Waals surface area contributed by atoms with Crippen LogP contribution < -0.4 is 21.9 Å². The van der Waals surface area contributed by atoms with E-state index in [1.807, 2.05) is 12.1 Å². The van der Waals surface area contributed by atoms with Gasteiger partial charge in [0.15, 0.2) is 0 Å². The Kier molecular flexibility index (Phi) is 4.01. The van der Waals surface area contributed by atoms with Crippen molar-refractivity contribution in [2.75, 3.05) is 18.0 Å². The number of hydrogen-bond acceptors (Lipinski definition) is 4. The molecule has 1 aliphatic rings. The summed E-state index contributed by atoms with van der Waals surface area (Å²) in [4.78, 5) is 2.38. The molecule has 18 heavy (non-hydrogen) atoms. The molecule has 1 aromatic carbocycles. The minimum Gasteiger partial charge on any atom is -0.372 e. The zero-order valence-corrected chi connectivity index (χ0v) is 10.2.